The van der Waals surface area contributed by atoms with E-state index in [9.17, 15) is 24.0 Å². The quantitative estimate of drug-likeness (QED) is 0.292. The Balaban J connectivity index is 2.14. The van der Waals surface area contributed by atoms with Crippen molar-refractivity contribution in [3.63, 3.8) is 0 Å². The Morgan fingerprint density at radius 2 is 1.80 bits per heavy atom. The summed E-state index contributed by atoms with van der Waals surface area (Å²) in [5.41, 5.74) is 5.26. The molecule has 1 rings (SSSR count). The molecule has 0 bridgehead atoms. The Labute approximate surface area is 146 Å². The van der Waals surface area contributed by atoms with Crippen LogP contribution < -0.4 is 16.4 Å². The number of imide groups is 1. The summed E-state index contributed by atoms with van der Waals surface area (Å²) in [6.45, 7) is 1.97. The lowest BCUT2D eigenvalue weighted by atomic mass is 10.1. The Kier molecular flexibility index (Phi) is 8.48. The summed E-state index contributed by atoms with van der Waals surface area (Å²) in [4.78, 5) is 57.5. The average Bonchev–Trinajstić information content (AvgIpc) is 2.85. The molecule has 0 aromatic carbocycles. The molecule has 4 amide bonds. The van der Waals surface area contributed by atoms with Crippen LogP contribution >= 0.6 is 0 Å². The van der Waals surface area contributed by atoms with Gasteiger partial charge in [0, 0.05) is 31.7 Å². The maximum Gasteiger partial charge on any atom is 0.253 e. The number of hydrogen-bond donors (Lipinski definition) is 3. The molecule has 9 heteroatoms. The first-order valence-corrected chi connectivity index (χ1v) is 8.13. The van der Waals surface area contributed by atoms with Gasteiger partial charge in [0.05, 0.1) is 12.6 Å². The van der Waals surface area contributed by atoms with Crippen LogP contribution in [0.15, 0.2) is 12.2 Å². The van der Waals surface area contributed by atoms with Crippen molar-refractivity contribution in [2.45, 2.75) is 38.6 Å². The van der Waals surface area contributed by atoms with E-state index in [4.69, 9.17) is 5.73 Å². The van der Waals surface area contributed by atoms with Crippen molar-refractivity contribution in [2.75, 3.05) is 19.6 Å². The Morgan fingerprint density at radius 1 is 1.16 bits per heavy atom. The Morgan fingerprint density at radius 3 is 2.36 bits per heavy atom. The fourth-order valence-corrected chi connectivity index (χ4v) is 2.27. The molecule has 0 spiro atoms. The second-order valence-electron chi connectivity index (χ2n) is 5.80. The fourth-order valence-electron chi connectivity index (χ4n) is 2.27. The fraction of sp³-hybridized carbons (Fsp3) is 0.562. The Hall–Kier alpha value is -2.55. The van der Waals surface area contributed by atoms with Gasteiger partial charge >= 0.3 is 0 Å². The minimum absolute atomic E-state index is 0.0449. The molecule has 138 valence electrons. The van der Waals surface area contributed by atoms with E-state index in [1.165, 1.54) is 19.1 Å². The molecule has 1 aliphatic heterocycles. The number of rotatable bonds is 12. The molecular formula is C16H24N4O5. The zero-order valence-corrected chi connectivity index (χ0v) is 14.2. The highest BCUT2D eigenvalue weighted by Crippen LogP contribution is 2.04. The van der Waals surface area contributed by atoms with E-state index in [-0.39, 0.29) is 31.2 Å². The second-order valence-corrected chi connectivity index (χ2v) is 5.80. The third-order valence-corrected chi connectivity index (χ3v) is 3.65. The molecular weight excluding hydrogens is 328 g/mol. The van der Waals surface area contributed by atoms with E-state index in [2.05, 4.69) is 10.6 Å². The number of amides is 4. The number of carbonyl (C=O) groups excluding carboxylic acids is 5. The number of nitrogens with two attached hydrogens (primary N) is 1. The maximum absolute atomic E-state index is 11.7. The number of unbranched alkanes of at least 4 members (excludes halogenated alkanes) is 1. The van der Waals surface area contributed by atoms with Crippen LogP contribution in [0.3, 0.4) is 0 Å². The van der Waals surface area contributed by atoms with Gasteiger partial charge in [-0.05, 0) is 26.2 Å². The van der Waals surface area contributed by atoms with Crippen LogP contribution in [0.25, 0.3) is 0 Å². The first-order chi connectivity index (χ1) is 11.8. The van der Waals surface area contributed by atoms with Gasteiger partial charge in [0.1, 0.15) is 5.78 Å². The van der Waals surface area contributed by atoms with Gasteiger partial charge in [-0.25, -0.2) is 0 Å². The summed E-state index contributed by atoms with van der Waals surface area (Å²) in [6, 6.07) is -0.570. The van der Waals surface area contributed by atoms with Crippen molar-refractivity contribution in [3.8, 4) is 0 Å². The predicted molar refractivity (Wildman–Crippen MR) is 89.0 cm³/mol. The summed E-state index contributed by atoms with van der Waals surface area (Å²) >= 11 is 0. The van der Waals surface area contributed by atoms with E-state index in [1.807, 2.05) is 0 Å². The van der Waals surface area contributed by atoms with Gasteiger partial charge in [-0.3, -0.25) is 34.2 Å². The van der Waals surface area contributed by atoms with Gasteiger partial charge < -0.3 is 11.1 Å². The van der Waals surface area contributed by atoms with E-state index in [1.54, 1.807) is 0 Å². The molecule has 1 unspecified atom stereocenters. The van der Waals surface area contributed by atoms with Crippen LogP contribution in [0.2, 0.25) is 0 Å². The van der Waals surface area contributed by atoms with Gasteiger partial charge in [0.2, 0.25) is 11.8 Å². The maximum atomic E-state index is 11.7. The zero-order chi connectivity index (χ0) is 18.8. The van der Waals surface area contributed by atoms with Gasteiger partial charge in [-0.1, -0.05) is 0 Å². The van der Waals surface area contributed by atoms with Crippen LogP contribution in [-0.2, 0) is 24.0 Å². The number of nitrogens with one attached hydrogen (secondary N) is 2. The van der Waals surface area contributed by atoms with E-state index in [0.29, 0.717) is 25.8 Å². The van der Waals surface area contributed by atoms with Gasteiger partial charge in [-0.2, -0.15) is 0 Å². The lowest BCUT2D eigenvalue weighted by Crippen LogP contribution is -2.43. The van der Waals surface area contributed by atoms with Gasteiger partial charge in [0.25, 0.3) is 11.8 Å². The molecule has 0 aromatic heterocycles. The minimum Gasteiger partial charge on any atom is -0.368 e. The second kappa shape index (κ2) is 10.3. The molecule has 1 atom stereocenters. The summed E-state index contributed by atoms with van der Waals surface area (Å²) in [5.74, 6) is -1.67. The van der Waals surface area contributed by atoms with Crippen LogP contribution in [0.4, 0.5) is 0 Å². The third-order valence-electron chi connectivity index (χ3n) is 3.65. The molecule has 0 aromatic rings. The molecule has 1 aliphatic rings. The van der Waals surface area contributed by atoms with Crippen molar-refractivity contribution in [2.24, 2.45) is 5.73 Å². The number of primary amides is 1. The molecule has 9 nitrogen and oxygen atoms in total. The lowest BCUT2D eigenvalue weighted by Gasteiger charge is -2.15. The van der Waals surface area contributed by atoms with Crippen molar-refractivity contribution in [1.82, 2.24) is 15.5 Å². The molecule has 0 radical (unpaired) electrons. The summed E-state index contributed by atoms with van der Waals surface area (Å²) < 4.78 is 0. The average molecular weight is 352 g/mol. The SMILES string of the molecule is CC(=O)CNC(CCCCNC(=O)CCN1C(=O)C=CC1=O)C(N)=O. The monoisotopic (exact) mass is 352 g/mol. The van der Waals surface area contributed by atoms with Crippen LogP contribution in [0.5, 0.6) is 0 Å². The van der Waals surface area contributed by atoms with Crippen molar-refractivity contribution in [1.29, 1.82) is 0 Å². The van der Waals surface area contributed by atoms with E-state index in [0.717, 1.165) is 4.90 Å². The standard InChI is InChI=1S/C16H24N4O5/c1-11(21)10-19-12(16(17)25)4-2-3-8-18-13(22)7-9-20-14(23)5-6-15(20)24/h5-6,12,19H,2-4,7-10H2,1H3,(H2,17,25)(H,18,22). The first kappa shape index (κ1) is 20.5. The van der Waals surface area contributed by atoms with Crippen LogP contribution in [0.1, 0.15) is 32.6 Å². The molecule has 4 N–H and O–H groups in total. The van der Waals surface area contributed by atoms with Gasteiger partial charge in [-0.15, -0.1) is 0 Å². The number of ketones is 1. The number of Topliss-reactive ketones (excluding diaryl/α,β-unsaturated/α-hetero) is 1. The number of hydrogen-bond acceptors (Lipinski definition) is 6. The van der Waals surface area contributed by atoms with Crippen molar-refractivity contribution >= 4 is 29.4 Å². The predicted octanol–water partition coefficient (Wildman–Crippen LogP) is -1.38. The molecule has 0 saturated heterocycles. The molecule has 0 fully saturated rings. The minimum atomic E-state index is -0.570. The van der Waals surface area contributed by atoms with Crippen molar-refractivity contribution < 1.29 is 24.0 Å². The summed E-state index contributed by atoms with van der Waals surface area (Å²) in [5, 5.41) is 5.48. The highest BCUT2D eigenvalue weighted by molar-refractivity contribution is 6.13. The highest BCUT2D eigenvalue weighted by atomic mass is 16.2. The number of nitrogens with zero attached hydrogens (tertiary/aromatic N) is 1. The normalized spacial score (nSPS) is 14.7. The van der Waals surface area contributed by atoms with E-state index >= 15 is 0 Å². The number of carbonyl (C=O) groups is 5. The largest absolute Gasteiger partial charge is 0.368 e. The van der Waals surface area contributed by atoms with Crippen LogP contribution in [0, 0.1) is 0 Å². The third kappa shape index (κ3) is 7.71. The lowest BCUT2D eigenvalue weighted by molar-refractivity contribution is -0.137. The Bertz CT molecular complexity index is 555. The summed E-state index contributed by atoms with van der Waals surface area (Å²) in [6.07, 6.45) is 4.15. The van der Waals surface area contributed by atoms with Crippen molar-refractivity contribution in [3.05, 3.63) is 12.2 Å². The van der Waals surface area contributed by atoms with E-state index < -0.39 is 23.8 Å². The molecule has 1 heterocycles. The molecule has 25 heavy (non-hydrogen) atoms. The molecule has 0 saturated carbocycles. The first-order valence-electron chi connectivity index (χ1n) is 8.13. The zero-order valence-electron chi connectivity index (χ0n) is 14.2. The smallest absolute Gasteiger partial charge is 0.253 e. The molecule has 0 aliphatic carbocycles. The van der Waals surface area contributed by atoms with Gasteiger partial charge in [0.15, 0.2) is 0 Å². The van der Waals surface area contributed by atoms with Crippen LogP contribution in [-0.4, -0.2) is 60.0 Å². The highest BCUT2D eigenvalue weighted by Gasteiger charge is 2.23. The topological polar surface area (TPSA) is 139 Å². The summed E-state index contributed by atoms with van der Waals surface area (Å²) in [7, 11) is 0.